The molecule has 0 unspecified atom stereocenters. The zero-order valence-corrected chi connectivity index (χ0v) is 14.3. The largest absolute Gasteiger partial charge is 0.385 e. The Morgan fingerprint density at radius 3 is 2.76 bits per heavy atom. The number of carbonyl (C=O) groups excluding carboxylic acids is 1. The van der Waals surface area contributed by atoms with E-state index < -0.39 is 0 Å². The Hall–Kier alpha value is -1.18. The Balaban J connectivity index is 2.03. The number of aromatic nitrogens is 1. The summed E-state index contributed by atoms with van der Waals surface area (Å²) in [6.45, 7) is 7.44. The summed E-state index contributed by atoms with van der Waals surface area (Å²) >= 11 is 3.11. The van der Waals surface area contributed by atoms with Gasteiger partial charge in [-0.3, -0.25) is 4.79 Å². The maximum Gasteiger partial charge on any atom is 0.261 e. The monoisotopic (exact) mass is 327 g/mol. The molecule has 2 aromatic rings. The lowest BCUT2D eigenvalue weighted by Gasteiger charge is -2.16. The highest BCUT2D eigenvalue weighted by atomic mass is 32.1. The maximum atomic E-state index is 12.0. The summed E-state index contributed by atoms with van der Waals surface area (Å²) < 4.78 is 6.05. The van der Waals surface area contributed by atoms with E-state index in [0.717, 1.165) is 39.0 Å². The van der Waals surface area contributed by atoms with E-state index >= 15 is 0 Å². The van der Waals surface area contributed by atoms with Crippen molar-refractivity contribution in [2.75, 3.05) is 38.3 Å². The number of carbonyl (C=O) groups is 1. The van der Waals surface area contributed by atoms with Gasteiger partial charge in [0.25, 0.3) is 5.91 Å². The molecule has 0 saturated carbocycles. The number of anilines is 1. The summed E-state index contributed by atoms with van der Waals surface area (Å²) in [6.07, 6.45) is 0.826. The second-order valence-electron chi connectivity index (χ2n) is 4.55. The van der Waals surface area contributed by atoms with Crippen LogP contribution in [0.25, 0.3) is 9.53 Å². The zero-order chi connectivity index (χ0) is 15.2. The Labute approximate surface area is 132 Å². The number of hydrogen-bond donors (Lipinski definition) is 1. The highest BCUT2D eigenvalue weighted by Gasteiger charge is 2.15. The summed E-state index contributed by atoms with van der Waals surface area (Å²) in [5, 5.41) is 3.94. The molecular formula is C14H21N3O2S2. The molecule has 0 fully saturated rings. The van der Waals surface area contributed by atoms with Gasteiger partial charge in [0.15, 0.2) is 5.13 Å². The van der Waals surface area contributed by atoms with Crippen molar-refractivity contribution in [1.29, 1.82) is 0 Å². The minimum absolute atomic E-state index is 0.0225. The van der Waals surface area contributed by atoms with E-state index in [2.05, 4.69) is 29.0 Å². The van der Waals surface area contributed by atoms with Crippen molar-refractivity contribution in [1.82, 2.24) is 10.3 Å². The fraction of sp³-hybridized carbons (Fsp3) is 0.571. The highest BCUT2D eigenvalue weighted by Crippen LogP contribution is 2.34. The number of ether oxygens (including phenoxy) is 1. The second-order valence-corrected chi connectivity index (χ2v) is 6.59. The molecule has 0 aliphatic carbocycles. The summed E-state index contributed by atoms with van der Waals surface area (Å²) in [5.74, 6) is -0.0225. The number of rotatable bonds is 8. The molecule has 0 bridgehead atoms. The minimum atomic E-state index is -0.0225. The third-order valence-electron chi connectivity index (χ3n) is 3.15. The van der Waals surface area contributed by atoms with E-state index in [1.54, 1.807) is 18.4 Å². The van der Waals surface area contributed by atoms with Gasteiger partial charge in [-0.2, -0.15) is 0 Å². The van der Waals surface area contributed by atoms with E-state index in [9.17, 15) is 4.79 Å². The Morgan fingerprint density at radius 2 is 2.14 bits per heavy atom. The standard InChI is InChI=1S/C14H21N3O2S2/c1-4-17(5-2)14-16-13-11(21-14)9-10(20-13)12(18)15-7-6-8-19-3/h9H,4-8H2,1-3H3,(H,15,18). The van der Waals surface area contributed by atoms with Crippen LogP contribution in [-0.2, 0) is 4.74 Å². The van der Waals surface area contributed by atoms with E-state index in [0.29, 0.717) is 13.2 Å². The predicted molar refractivity (Wildman–Crippen MR) is 89.9 cm³/mol. The molecule has 0 aromatic carbocycles. The molecule has 0 aliphatic heterocycles. The lowest BCUT2D eigenvalue weighted by Crippen LogP contribution is -2.24. The number of fused-ring (bicyclic) bond motifs is 1. The van der Waals surface area contributed by atoms with Crippen LogP contribution in [0.3, 0.4) is 0 Å². The van der Waals surface area contributed by atoms with Crippen molar-refractivity contribution in [2.45, 2.75) is 20.3 Å². The molecule has 1 N–H and O–H groups in total. The van der Waals surface area contributed by atoms with Crippen molar-refractivity contribution >= 4 is 43.2 Å². The fourth-order valence-corrected chi connectivity index (χ4v) is 4.23. The molecule has 0 radical (unpaired) electrons. The van der Waals surface area contributed by atoms with Crippen molar-refractivity contribution in [2.24, 2.45) is 0 Å². The molecular weight excluding hydrogens is 306 g/mol. The van der Waals surface area contributed by atoms with Gasteiger partial charge in [-0.25, -0.2) is 4.98 Å². The van der Waals surface area contributed by atoms with Crippen molar-refractivity contribution in [3.8, 4) is 0 Å². The van der Waals surface area contributed by atoms with Gasteiger partial charge in [0.2, 0.25) is 0 Å². The molecule has 5 nitrogen and oxygen atoms in total. The van der Waals surface area contributed by atoms with Crippen LogP contribution in [0.1, 0.15) is 29.9 Å². The molecule has 1 amide bonds. The number of amides is 1. The molecule has 21 heavy (non-hydrogen) atoms. The van der Waals surface area contributed by atoms with Crippen molar-refractivity contribution < 1.29 is 9.53 Å². The van der Waals surface area contributed by atoms with E-state index in [1.807, 2.05) is 6.07 Å². The normalized spacial score (nSPS) is 11.0. The van der Waals surface area contributed by atoms with E-state index in [1.165, 1.54) is 11.3 Å². The van der Waals surface area contributed by atoms with Gasteiger partial charge in [0.1, 0.15) is 4.83 Å². The van der Waals surface area contributed by atoms with E-state index in [4.69, 9.17) is 4.74 Å². The van der Waals surface area contributed by atoms with Gasteiger partial charge in [-0.15, -0.1) is 11.3 Å². The van der Waals surface area contributed by atoms with Crippen molar-refractivity contribution in [3.05, 3.63) is 10.9 Å². The summed E-state index contributed by atoms with van der Waals surface area (Å²) in [4.78, 5) is 20.6. The van der Waals surface area contributed by atoms with Gasteiger partial charge in [-0.1, -0.05) is 11.3 Å². The lowest BCUT2D eigenvalue weighted by molar-refractivity contribution is 0.0952. The van der Waals surface area contributed by atoms with Gasteiger partial charge in [-0.05, 0) is 26.3 Å². The molecule has 0 saturated heterocycles. The first-order valence-electron chi connectivity index (χ1n) is 7.12. The first kappa shape index (κ1) is 16.2. The molecule has 0 aliphatic rings. The van der Waals surface area contributed by atoms with Gasteiger partial charge >= 0.3 is 0 Å². The number of methoxy groups -OCH3 is 1. The van der Waals surface area contributed by atoms with Crippen LogP contribution < -0.4 is 10.2 Å². The van der Waals surface area contributed by atoms with Crippen LogP contribution in [0.2, 0.25) is 0 Å². The molecule has 0 atom stereocenters. The topological polar surface area (TPSA) is 54.5 Å². The molecule has 2 rings (SSSR count). The minimum Gasteiger partial charge on any atom is -0.385 e. The molecule has 0 spiro atoms. The van der Waals surface area contributed by atoms with Crippen molar-refractivity contribution in [3.63, 3.8) is 0 Å². The number of nitrogens with zero attached hydrogens (tertiary/aromatic N) is 2. The molecule has 2 aromatic heterocycles. The number of nitrogens with one attached hydrogen (secondary N) is 1. The number of thiazole rings is 1. The van der Waals surface area contributed by atoms with Gasteiger partial charge < -0.3 is 15.0 Å². The van der Waals surface area contributed by atoms with Crippen LogP contribution in [0, 0.1) is 0 Å². The number of hydrogen-bond acceptors (Lipinski definition) is 6. The second kappa shape index (κ2) is 7.72. The predicted octanol–water partition coefficient (Wildman–Crippen LogP) is 2.97. The summed E-state index contributed by atoms with van der Waals surface area (Å²) in [6, 6.07) is 1.94. The Morgan fingerprint density at radius 1 is 1.38 bits per heavy atom. The first-order valence-corrected chi connectivity index (χ1v) is 8.75. The Bertz CT molecular complexity index is 559. The van der Waals surface area contributed by atoms with E-state index in [-0.39, 0.29) is 5.91 Å². The van der Waals surface area contributed by atoms with Crippen LogP contribution in [0.5, 0.6) is 0 Å². The van der Waals surface area contributed by atoms with Crippen LogP contribution in [0.4, 0.5) is 5.13 Å². The SMILES string of the molecule is CCN(CC)c1nc2sc(C(=O)NCCCOC)cc2s1. The maximum absolute atomic E-state index is 12.0. The lowest BCUT2D eigenvalue weighted by atomic mass is 10.4. The Kier molecular flexibility index (Phi) is 5.96. The average molecular weight is 327 g/mol. The van der Waals surface area contributed by atoms with Crippen LogP contribution in [0.15, 0.2) is 6.07 Å². The molecule has 116 valence electrons. The van der Waals surface area contributed by atoms with Gasteiger partial charge in [0, 0.05) is 33.4 Å². The number of thiophene rings is 1. The third-order valence-corrected chi connectivity index (χ3v) is 5.37. The third kappa shape index (κ3) is 3.93. The molecule has 2 heterocycles. The quantitative estimate of drug-likeness (QED) is 0.757. The van der Waals surface area contributed by atoms with Gasteiger partial charge in [0.05, 0.1) is 9.58 Å². The zero-order valence-electron chi connectivity index (χ0n) is 12.6. The summed E-state index contributed by atoms with van der Waals surface area (Å²) in [7, 11) is 1.66. The average Bonchev–Trinajstić information content (AvgIpc) is 3.03. The molecule has 7 heteroatoms. The van der Waals surface area contributed by atoms with Crippen LogP contribution in [-0.4, -0.2) is 44.2 Å². The fourth-order valence-electron chi connectivity index (χ4n) is 1.97. The highest BCUT2D eigenvalue weighted by molar-refractivity contribution is 7.29. The first-order chi connectivity index (χ1) is 10.2. The van der Waals surface area contributed by atoms with Crippen LogP contribution >= 0.6 is 22.7 Å². The summed E-state index contributed by atoms with van der Waals surface area (Å²) in [5.41, 5.74) is 0. The smallest absolute Gasteiger partial charge is 0.261 e.